The van der Waals surface area contributed by atoms with E-state index in [4.69, 9.17) is 0 Å². The van der Waals surface area contributed by atoms with E-state index in [0.29, 0.717) is 12.3 Å². The fourth-order valence-corrected chi connectivity index (χ4v) is 3.90. The second-order valence-electron chi connectivity index (χ2n) is 5.89. The van der Waals surface area contributed by atoms with Gasteiger partial charge in [0.2, 0.25) is 5.91 Å². The Morgan fingerprint density at radius 1 is 1.44 bits per heavy atom. The second-order valence-corrected chi connectivity index (χ2v) is 6.40. The highest BCUT2D eigenvalue weighted by atomic mass is 32.1. The molecule has 3 atom stereocenters. The standard InChI is InChI=1S/C15H19NOS/c1-9-7-14(17)16-13-6-3-10-8-11(18)4-5-12(10)15(9,13)2/h4-5,8-9,13,18H,3,6-7H2,1-2H3,(H,16,17)/t9?,13-,15-/m1/s1. The molecule has 3 rings (SSSR count). The summed E-state index contributed by atoms with van der Waals surface area (Å²) in [5, 5.41) is 3.19. The zero-order valence-corrected chi connectivity index (χ0v) is 11.8. The molecule has 0 spiro atoms. The van der Waals surface area contributed by atoms with Gasteiger partial charge in [-0.2, -0.15) is 0 Å². The molecular formula is C15H19NOS. The number of aryl methyl sites for hydroxylation is 1. The van der Waals surface area contributed by atoms with Gasteiger partial charge in [-0.1, -0.05) is 19.9 Å². The predicted octanol–water partition coefficient (Wildman–Crippen LogP) is 2.70. The third-order valence-electron chi connectivity index (χ3n) is 4.95. The van der Waals surface area contributed by atoms with Crippen LogP contribution in [-0.4, -0.2) is 11.9 Å². The Labute approximate surface area is 114 Å². The first-order valence-corrected chi connectivity index (χ1v) is 7.08. The first-order chi connectivity index (χ1) is 8.51. The lowest BCUT2D eigenvalue weighted by Crippen LogP contribution is -2.59. The SMILES string of the molecule is CC1CC(=O)N[C@@H]2CCc3cc(S)ccc3[C@@]12C. The van der Waals surface area contributed by atoms with E-state index < -0.39 is 0 Å². The number of carbonyl (C=O) groups excluding carboxylic acids is 1. The number of benzene rings is 1. The summed E-state index contributed by atoms with van der Waals surface area (Å²) in [7, 11) is 0. The van der Waals surface area contributed by atoms with Crippen LogP contribution in [0.2, 0.25) is 0 Å². The molecule has 2 aliphatic rings. The van der Waals surface area contributed by atoms with Crippen LogP contribution in [0.4, 0.5) is 0 Å². The van der Waals surface area contributed by atoms with Crippen molar-refractivity contribution in [1.29, 1.82) is 0 Å². The van der Waals surface area contributed by atoms with Crippen LogP contribution in [0, 0.1) is 5.92 Å². The molecule has 1 N–H and O–H groups in total. The molecule has 1 saturated heterocycles. The molecule has 0 aromatic heterocycles. The number of amides is 1. The predicted molar refractivity (Wildman–Crippen MR) is 75.1 cm³/mol. The molecular weight excluding hydrogens is 242 g/mol. The topological polar surface area (TPSA) is 29.1 Å². The monoisotopic (exact) mass is 261 g/mol. The van der Waals surface area contributed by atoms with Crippen molar-refractivity contribution in [1.82, 2.24) is 5.32 Å². The molecule has 1 heterocycles. The molecule has 1 aromatic rings. The largest absolute Gasteiger partial charge is 0.352 e. The lowest BCUT2D eigenvalue weighted by atomic mass is 9.59. The van der Waals surface area contributed by atoms with Crippen LogP contribution in [0.3, 0.4) is 0 Å². The lowest BCUT2D eigenvalue weighted by molar-refractivity contribution is -0.127. The van der Waals surface area contributed by atoms with Gasteiger partial charge < -0.3 is 5.32 Å². The lowest BCUT2D eigenvalue weighted by Gasteiger charge is -2.50. The van der Waals surface area contributed by atoms with Gasteiger partial charge >= 0.3 is 0 Å². The van der Waals surface area contributed by atoms with Gasteiger partial charge in [-0.15, -0.1) is 12.6 Å². The van der Waals surface area contributed by atoms with Crippen molar-refractivity contribution in [2.45, 2.75) is 49.5 Å². The number of fused-ring (bicyclic) bond motifs is 3. The van der Waals surface area contributed by atoms with Gasteiger partial charge in [-0.3, -0.25) is 4.79 Å². The Morgan fingerprint density at radius 3 is 3.00 bits per heavy atom. The van der Waals surface area contributed by atoms with Gasteiger partial charge in [0.1, 0.15) is 0 Å². The summed E-state index contributed by atoms with van der Waals surface area (Å²) in [6.45, 7) is 4.51. The van der Waals surface area contributed by atoms with E-state index in [9.17, 15) is 4.79 Å². The summed E-state index contributed by atoms with van der Waals surface area (Å²) in [4.78, 5) is 12.7. The van der Waals surface area contributed by atoms with Crippen molar-refractivity contribution >= 4 is 18.5 Å². The van der Waals surface area contributed by atoms with Gasteiger partial charge in [0.05, 0.1) is 0 Å². The normalized spacial score (nSPS) is 34.5. The molecule has 3 heteroatoms. The Bertz CT molecular complexity index is 513. The number of nitrogens with one attached hydrogen (secondary N) is 1. The molecule has 1 unspecified atom stereocenters. The zero-order valence-electron chi connectivity index (χ0n) is 10.9. The van der Waals surface area contributed by atoms with Crippen LogP contribution in [0.5, 0.6) is 0 Å². The molecule has 0 saturated carbocycles. The van der Waals surface area contributed by atoms with Crippen LogP contribution >= 0.6 is 12.6 Å². The van der Waals surface area contributed by atoms with E-state index >= 15 is 0 Å². The molecule has 1 fully saturated rings. The maximum atomic E-state index is 11.7. The molecule has 96 valence electrons. The van der Waals surface area contributed by atoms with Crippen molar-refractivity contribution in [2.75, 3.05) is 0 Å². The molecule has 2 nitrogen and oxygen atoms in total. The highest BCUT2D eigenvalue weighted by Gasteiger charge is 2.48. The van der Waals surface area contributed by atoms with E-state index in [0.717, 1.165) is 17.7 Å². The fraction of sp³-hybridized carbons (Fsp3) is 0.533. The Hall–Kier alpha value is -0.960. The van der Waals surface area contributed by atoms with Crippen LogP contribution < -0.4 is 5.32 Å². The van der Waals surface area contributed by atoms with Crippen molar-refractivity contribution in [3.05, 3.63) is 29.3 Å². The first kappa shape index (κ1) is 12.1. The van der Waals surface area contributed by atoms with Gasteiger partial charge in [0, 0.05) is 22.8 Å². The van der Waals surface area contributed by atoms with E-state index in [2.05, 4.69) is 50.0 Å². The number of rotatable bonds is 0. The molecule has 1 aliphatic carbocycles. The quantitative estimate of drug-likeness (QED) is 0.691. The third kappa shape index (κ3) is 1.60. The molecule has 1 aliphatic heterocycles. The summed E-state index contributed by atoms with van der Waals surface area (Å²) in [5.41, 5.74) is 2.89. The molecule has 18 heavy (non-hydrogen) atoms. The van der Waals surface area contributed by atoms with Crippen LogP contribution in [0.25, 0.3) is 0 Å². The summed E-state index contributed by atoms with van der Waals surface area (Å²) in [6, 6.07) is 6.74. The van der Waals surface area contributed by atoms with Crippen molar-refractivity contribution in [2.24, 2.45) is 5.92 Å². The van der Waals surface area contributed by atoms with Crippen LogP contribution in [0.1, 0.15) is 37.8 Å². The average Bonchev–Trinajstić information content (AvgIpc) is 2.31. The highest BCUT2D eigenvalue weighted by Crippen LogP contribution is 2.46. The summed E-state index contributed by atoms with van der Waals surface area (Å²) in [5.74, 6) is 0.598. The van der Waals surface area contributed by atoms with Gasteiger partial charge in [-0.05, 0) is 42.0 Å². The van der Waals surface area contributed by atoms with Gasteiger partial charge in [0.25, 0.3) is 0 Å². The molecule has 1 amide bonds. The average molecular weight is 261 g/mol. The van der Waals surface area contributed by atoms with Crippen LogP contribution in [-0.2, 0) is 16.6 Å². The van der Waals surface area contributed by atoms with Crippen molar-refractivity contribution in [3.8, 4) is 0 Å². The zero-order chi connectivity index (χ0) is 12.9. The molecule has 0 radical (unpaired) electrons. The fourth-order valence-electron chi connectivity index (χ4n) is 3.67. The molecule has 1 aromatic carbocycles. The Kier molecular flexibility index (Phi) is 2.70. The molecule has 0 bridgehead atoms. The summed E-state index contributed by atoms with van der Waals surface area (Å²) in [6.07, 6.45) is 2.71. The Morgan fingerprint density at radius 2 is 2.22 bits per heavy atom. The van der Waals surface area contributed by atoms with E-state index in [1.165, 1.54) is 11.1 Å². The number of hydrogen-bond donors (Lipinski definition) is 2. The summed E-state index contributed by atoms with van der Waals surface area (Å²) >= 11 is 4.43. The van der Waals surface area contributed by atoms with Crippen LogP contribution in [0.15, 0.2) is 23.1 Å². The number of thiol groups is 1. The maximum Gasteiger partial charge on any atom is 0.220 e. The van der Waals surface area contributed by atoms with Gasteiger partial charge in [0.15, 0.2) is 0 Å². The van der Waals surface area contributed by atoms with Gasteiger partial charge in [-0.25, -0.2) is 0 Å². The number of hydrogen-bond acceptors (Lipinski definition) is 2. The van der Waals surface area contributed by atoms with E-state index in [1.54, 1.807) is 0 Å². The summed E-state index contributed by atoms with van der Waals surface area (Å²) < 4.78 is 0. The maximum absolute atomic E-state index is 11.7. The minimum atomic E-state index is 0.0724. The smallest absolute Gasteiger partial charge is 0.220 e. The minimum absolute atomic E-state index is 0.0724. The van der Waals surface area contributed by atoms with Crippen molar-refractivity contribution < 1.29 is 4.79 Å². The number of piperidine rings is 1. The first-order valence-electron chi connectivity index (χ1n) is 6.63. The van der Waals surface area contributed by atoms with E-state index in [-0.39, 0.29) is 17.4 Å². The highest BCUT2D eigenvalue weighted by molar-refractivity contribution is 7.80. The van der Waals surface area contributed by atoms with E-state index in [1.807, 2.05) is 0 Å². The number of carbonyl (C=O) groups is 1. The van der Waals surface area contributed by atoms with Crippen molar-refractivity contribution in [3.63, 3.8) is 0 Å². The second kappa shape index (κ2) is 4.02. The third-order valence-corrected chi connectivity index (χ3v) is 5.22. The Balaban J connectivity index is 2.12. The minimum Gasteiger partial charge on any atom is -0.352 e.